The smallest absolute Gasteiger partial charge is 0.216 e. The van der Waals surface area contributed by atoms with Crippen LogP contribution < -0.4 is 10.1 Å². The quantitative estimate of drug-likeness (QED) is 0.701. The summed E-state index contributed by atoms with van der Waals surface area (Å²) in [4.78, 5) is 4.15. The molecule has 2 heterocycles. The van der Waals surface area contributed by atoms with Crippen LogP contribution >= 0.6 is 0 Å². The highest BCUT2D eigenvalue weighted by atomic mass is 16.5. The molecule has 12 heavy (non-hydrogen) atoms. The molecule has 0 amide bonds. The van der Waals surface area contributed by atoms with Crippen molar-refractivity contribution in [2.45, 2.75) is 5.92 Å². The summed E-state index contributed by atoms with van der Waals surface area (Å²) in [5.41, 5.74) is 1.22. The van der Waals surface area contributed by atoms with E-state index in [-0.39, 0.29) is 0 Å². The fraction of sp³-hybridized carbons (Fsp3) is 0.444. The molecule has 0 saturated carbocycles. The van der Waals surface area contributed by atoms with Crippen molar-refractivity contribution in [1.29, 1.82) is 0 Å². The van der Waals surface area contributed by atoms with Gasteiger partial charge in [-0.05, 0) is 6.07 Å². The first-order valence-corrected chi connectivity index (χ1v) is 4.11. The molecule has 1 aliphatic rings. The minimum atomic E-state index is 0.591. The number of methoxy groups -OCH3 is 1. The van der Waals surface area contributed by atoms with Crippen LogP contribution in [0.5, 0.6) is 5.88 Å². The minimum Gasteiger partial charge on any atom is -0.481 e. The number of nitrogens with zero attached hydrogens (tertiary/aromatic N) is 1. The third kappa shape index (κ3) is 1.16. The van der Waals surface area contributed by atoms with Crippen LogP contribution in [0.3, 0.4) is 0 Å². The maximum Gasteiger partial charge on any atom is 0.216 e. The summed E-state index contributed by atoms with van der Waals surface area (Å²) in [6.45, 7) is 2.09. The van der Waals surface area contributed by atoms with Crippen molar-refractivity contribution >= 4 is 0 Å². The van der Waals surface area contributed by atoms with Crippen LogP contribution in [0.4, 0.5) is 0 Å². The monoisotopic (exact) mass is 164 g/mol. The summed E-state index contributed by atoms with van der Waals surface area (Å²) in [5, 5.41) is 3.23. The highest BCUT2D eigenvalue weighted by Gasteiger charge is 2.22. The van der Waals surface area contributed by atoms with Gasteiger partial charge in [0.25, 0.3) is 0 Å². The van der Waals surface area contributed by atoms with E-state index < -0.39 is 0 Å². The first-order chi connectivity index (χ1) is 5.92. The van der Waals surface area contributed by atoms with Crippen molar-refractivity contribution < 1.29 is 4.74 Å². The van der Waals surface area contributed by atoms with E-state index in [1.165, 1.54) is 5.56 Å². The van der Waals surface area contributed by atoms with Crippen LogP contribution in [-0.4, -0.2) is 25.2 Å². The molecule has 1 aromatic rings. The van der Waals surface area contributed by atoms with Crippen LogP contribution in [0.1, 0.15) is 11.5 Å². The average Bonchev–Trinajstić information content (AvgIpc) is 2.02. The largest absolute Gasteiger partial charge is 0.481 e. The predicted octanol–water partition coefficient (Wildman–Crippen LogP) is 0.777. The molecule has 1 aromatic heterocycles. The summed E-state index contributed by atoms with van der Waals surface area (Å²) in [6, 6.07) is 4.04. The molecule has 1 aliphatic heterocycles. The molecular formula is C9H12N2O. The minimum absolute atomic E-state index is 0.591. The van der Waals surface area contributed by atoms with Crippen LogP contribution in [0.25, 0.3) is 0 Å². The maximum absolute atomic E-state index is 5.16. The number of pyridine rings is 1. The first-order valence-electron chi connectivity index (χ1n) is 4.11. The van der Waals surface area contributed by atoms with Gasteiger partial charge in [-0.15, -0.1) is 0 Å². The SMILES string of the molecule is COc1ncccc1C1CNC1. The normalized spacial score (nSPS) is 17.1. The second kappa shape index (κ2) is 3.11. The van der Waals surface area contributed by atoms with Crippen molar-refractivity contribution in [2.75, 3.05) is 20.2 Å². The molecule has 0 aromatic carbocycles. The molecule has 3 nitrogen and oxygen atoms in total. The Morgan fingerprint density at radius 2 is 2.42 bits per heavy atom. The molecule has 2 rings (SSSR count). The van der Waals surface area contributed by atoms with Crippen molar-refractivity contribution in [3.05, 3.63) is 23.9 Å². The Bertz CT molecular complexity index is 271. The molecule has 0 atom stereocenters. The van der Waals surface area contributed by atoms with E-state index in [1.54, 1.807) is 13.3 Å². The Balaban J connectivity index is 2.27. The van der Waals surface area contributed by atoms with Crippen LogP contribution in [0, 0.1) is 0 Å². The zero-order chi connectivity index (χ0) is 8.39. The Morgan fingerprint density at radius 3 is 3.00 bits per heavy atom. The van der Waals surface area contributed by atoms with E-state index in [1.807, 2.05) is 6.07 Å². The Hall–Kier alpha value is -1.09. The summed E-state index contributed by atoms with van der Waals surface area (Å²) < 4.78 is 5.16. The molecule has 0 aliphatic carbocycles. The molecule has 1 fully saturated rings. The van der Waals surface area contributed by atoms with Crippen molar-refractivity contribution in [3.63, 3.8) is 0 Å². The molecule has 3 heteroatoms. The lowest BCUT2D eigenvalue weighted by molar-refractivity contribution is 0.371. The fourth-order valence-corrected chi connectivity index (χ4v) is 1.39. The fourth-order valence-electron chi connectivity index (χ4n) is 1.39. The number of rotatable bonds is 2. The molecular weight excluding hydrogens is 152 g/mol. The molecule has 1 saturated heterocycles. The summed E-state index contributed by atoms with van der Waals surface area (Å²) in [6.07, 6.45) is 1.76. The van der Waals surface area contributed by atoms with Crippen molar-refractivity contribution in [2.24, 2.45) is 0 Å². The van der Waals surface area contributed by atoms with Gasteiger partial charge in [-0.1, -0.05) is 6.07 Å². The molecule has 0 unspecified atom stereocenters. The summed E-state index contributed by atoms with van der Waals surface area (Å²) in [7, 11) is 1.66. The maximum atomic E-state index is 5.16. The predicted molar refractivity (Wildman–Crippen MR) is 46.4 cm³/mol. The van der Waals surface area contributed by atoms with E-state index in [9.17, 15) is 0 Å². The van der Waals surface area contributed by atoms with Gasteiger partial charge in [-0.3, -0.25) is 0 Å². The van der Waals surface area contributed by atoms with Gasteiger partial charge >= 0.3 is 0 Å². The van der Waals surface area contributed by atoms with E-state index in [0.29, 0.717) is 5.92 Å². The summed E-state index contributed by atoms with van der Waals surface area (Å²) >= 11 is 0. The highest BCUT2D eigenvalue weighted by Crippen LogP contribution is 2.26. The summed E-state index contributed by atoms with van der Waals surface area (Å²) in [5.74, 6) is 1.36. The van der Waals surface area contributed by atoms with Gasteiger partial charge < -0.3 is 10.1 Å². The van der Waals surface area contributed by atoms with Crippen LogP contribution in [0.15, 0.2) is 18.3 Å². The second-order valence-electron chi connectivity index (χ2n) is 2.96. The van der Waals surface area contributed by atoms with Crippen molar-refractivity contribution in [1.82, 2.24) is 10.3 Å². The molecule has 0 bridgehead atoms. The van der Waals surface area contributed by atoms with Gasteiger partial charge in [-0.2, -0.15) is 0 Å². The van der Waals surface area contributed by atoms with E-state index >= 15 is 0 Å². The Kier molecular flexibility index (Phi) is 1.96. The lowest BCUT2D eigenvalue weighted by Crippen LogP contribution is -2.40. The zero-order valence-electron chi connectivity index (χ0n) is 7.08. The lowest BCUT2D eigenvalue weighted by atomic mass is 9.95. The number of hydrogen-bond donors (Lipinski definition) is 1. The number of nitrogens with one attached hydrogen (secondary N) is 1. The topological polar surface area (TPSA) is 34.1 Å². The van der Waals surface area contributed by atoms with Gasteiger partial charge in [0.1, 0.15) is 0 Å². The van der Waals surface area contributed by atoms with Gasteiger partial charge in [0.15, 0.2) is 0 Å². The van der Waals surface area contributed by atoms with Gasteiger partial charge in [0, 0.05) is 30.8 Å². The van der Waals surface area contributed by atoms with Crippen LogP contribution in [0.2, 0.25) is 0 Å². The number of hydrogen-bond acceptors (Lipinski definition) is 3. The third-order valence-corrected chi connectivity index (χ3v) is 2.22. The highest BCUT2D eigenvalue weighted by molar-refractivity contribution is 5.31. The van der Waals surface area contributed by atoms with Crippen molar-refractivity contribution in [3.8, 4) is 5.88 Å². The lowest BCUT2D eigenvalue weighted by Gasteiger charge is -2.27. The average molecular weight is 164 g/mol. The second-order valence-corrected chi connectivity index (χ2v) is 2.96. The van der Waals surface area contributed by atoms with Crippen LogP contribution in [-0.2, 0) is 0 Å². The van der Waals surface area contributed by atoms with E-state index in [4.69, 9.17) is 4.74 Å². The molecule has 0 radical (unpaired) electrons. The molecule has 0 spiro atoms. The van der Waals surface area contributed by atoms with Gasteiger partial charge in [0.2, 0.25) is 5.88 Å². The van der Waals surface area contributed by atoms with E-state index in [0.717, 1.165) is 19.0 Å². The van der Waals surface area contributed by atoms with E-state index in [2.05, 4.69) is 16.4 Å². The standard InChI is InChI=1S/C9H12N2O/c1-12-9-8(3-2-4-11-9)7-5-10-6-7/h2-4,7,10H,5-6H2,1H3. The number of aromatic nitrogens is 1. The van der Waals surface area contributed by atoms with Gasteiger partial charge in [0.05, 0.1) is 7.11 Å². The third-order valence-electron chi connectivity index (χ3n) is 2.22. The van der Waals surface area contributed by atoms with Gasteiger partial charge in [-0.25, -0.2) is 4.98 Å². The Labute approximate surface area is 71.8 Å². The molecule has 1 N–H and O–H groups in total. The first kappa shape index (κ1) is 7.55. The zero-order valence-corrected chi connectivity index (χ0v) is 7.08. The number of ether oxygens (including phenoxy) is 1. The Morgan fingerprint density at radius 1 is 1.58 bits per heavy atom. The molecule has 64 valence electrons.